The second-order valence-corrected chi connectivity index (χ2v) is 8.87. The minimum Gasteiger partial charge on any atom is -0.272 e. The first-order valence-corrected chi connectivity index (χ1v) is 9.28. The molecule has 2 aromatic heterocycles. The molecule has 0 aliphatic carbocycles. The summed E-state index contributed by atoms with van der Waals surface area (Å²) in [7, 11) is 0. The van der Waals surface area contributed by atoms with Crippen molar-refractivity contribution in [1.82, 2.24) is 9.66 Å². The first-order valence-electron chi connectivity index (χ1n) is 9.28. The van der Waals surface area contributed by atoms with Crippen molar-refractivity contribution in [3.63, 3.8) is 0 Å². The Hall–Kier alpha value is -2.50. The number of carbonyl (C=O) groups is 2. The fourth-order valence-electron chi connectivity index (χ4n) is 2.72. The molecule has 146 valence electrons. The van der Waals surface area contributed by atoms with Gasteiger partial charge in [-0.1, -0.05) is 54.9 Å². The van der Waals surface area contributed by atoms with Crippen LogP contribution in [-0.2, 0) is 16.0 Å². The van der Waals surface area contributed by atoms with Crippen molar-refractivity contribution in [2.45, 2.75) is 61.3 Å². The molecule has 0 unspecified atom stereocenters. The highest BCUT2D eigenvalue weighted by molar-refractivity contribution is 6.12. The molecule has 27 heavy (non-hydrogen) atoms. The lowest BCUT2D eigenvalue weighted by Crippen LogP contribution is -2.57. The molecule has 2 rings (SSSR count). The molecule has 0 atom stereocenters. The van der Waals surface area contributed by atoms with Crippen molar-refractivity contribution in [3.8, 4) is 0 Å². The normalized spacial score (nSPS) is 12.3. The van der Waals surface area contributed by atoms with Crippen LogP contribution in [0.5, 0.6) is 0 Å². The van der Waals surface area contributed by atoms with E-state index in [9.17, 15) is 14.4 Å². The summed E-state index contributed by atoms with van der Waals surface area (Å²) in [6.07, 6.45) is 2.89. The Morgan fingerprint density at radius 3 is 2.11 bits per heavy atom. The van der Waals surface area contributed by atoms with Gasteiger partial charge in [-0.15, -0.1) is 0 Å². The van der Waals surface area contributed by atoms with Gasteiger partial charge in [0.2, 0.25) is 0 Å². The number of amides is 2. The summed E-state index contributed by atoms with van der Waals surface area (Å²) in [5.41, 5.74) is -1.20. The van der Waals surface area contributed by atoms with Gasteiger partial charge in [0.15, 0.2) is 5.65 Å². The molecule has 6 nitrogen and oxygen atoms in total. The van der Waals surface area contributed by atoms with Crippen LogP contribution in [-0.4, -0.2) is 21.5 Å². The largest absolute Gasteiger partial charge is 0.275 e. The number of nitrogens with zero attached hydrogens (tertiary/aromatic N) is 3. The standard InChI is InChI=1S/C21H29N3O3/c1-8-10-15-13-14-11-9-12-22-16(14)23(17(15)25)24(18(26)20(2,3)4)19(27)21(5,6)7/h9,11-13H,8,10H2,1-7H3. The third kappa shape index (κ3) is 4.10. The number of pyridine rings is 2. The van der Waals surface area contributed by atoms with E-state index in [1.165, 1.54) is 4.68 Å². The van der Waals surface area contributed by atoms with E-state index in [-0.39, 0.29) is 5.56 Å². The molecular formula is C21H29N3O3. The monoisotopic (exact) mass is 371 g/mol. The Morgan fingerprint density at radius 1 is 1.07 bits per heavy atom. The third-order valence-electron chi connectivity index (χ3n) is 4.20. The van der Waals surface area contributed by atoms with Crippen LogP contribution in [0.25, 0.3) is 11.0 Å². The van der Waals surface area contributed by atoms with Crippen LogP contribution >= 0.6 is 0 Å². The Bertz CT molecular complexity index is 904. The summed E-state index contributed by atoms with van der Waals surface area (Å²) in [5.74, 6) is -0.879. The van der Waals surface area contributed by atoms with Crippen LogP contribution in [0.1, 0.15) is 60.5 Å². The first kappa shape index (κ1) is 20.8. The number of aromatic nitrogens is 2. The first-order chi connectivity index (χ1) is 12.4. The Balaban J connectivity index is 2.92. The number of fused-ring (bicyclic) bond motifs is 1. The van der Waals surface area contributed by atoms with Crippen molar-refractivity contribution < 1.29 is 9.59 Å². The smallest absolute Gasteiger partial charge is 0.272 e. The zero-order chi connectivity index (χ0) is 20.6. The molecule has 0 aromatic carbocycles. The molecule has 0 spiro atoms. The molecule has 2 amide bonds. The summed E-state index contributed by atoms with van der Waals surface area (Å²) in [4.78, 5) is 44.0. The number of hydrogen-bond donors (Lipinski definition) is 0. The second kappa shape index (κ2) is 7.25. The molecule has 0 bridgehead atoms. The maximum atomic E-state index is 13.3. The van der Waals surface area contributed by atoms with E-state index < -0.39 is 22.6 Å². The van der Waals surface area contributed by atoms with Crippen LogP contribution < -0.4 is 10.6 Å². The van der Waals surface area contributed by atoms with E-state index in [4.69, 9.17) is 0 Å². The highest BCUT2D eigenvalue weighted by atomic mass is 16.2. The minimum absolute atomic E-state index is 0.303. The van der Waals surface area contributed by atoms with Gasteiger partial charge in [-0.05, 0) is 24.6 Å². The van der Waals surface area contributed by atoms with Crippen molar-refractivity contribution in [2.24, 2.45) is 10.8 Å². The van der Waals surface area contributed by atoms with Gasteiger partial charge in [0, 0.05) is 28.0 Å². The lowest BCUT2D eigenvalue weighted by molar-refractivity contribution is -0.137. The molecule has 0 fully saturated rings. The summed E-state index contributed by atoms with van der Waals surface area (Å²) in [6.45, 7) is 12.4. The molecule has 2 heterocycles. The Morgan fingerprint density at radius 2 is 1.63 bits per heavy atom. The highest BCUT2D eigenvalue weighted by Gasteiger charge is 2.39. The second-order valence-electron chi connectivity index (χ2n) is 8.87. The molecule has 0 saturated carbocycles. The van der Waals surface area contributed by atoms with Gasteiger partial charge in [0.05, 0.1) is 0 Å². The quantitative estimate of drug-likeness (QED) is 0.829. The number of hydrogen-bond acceptors (Lipinski definition) is 4. The van der Waals surface area contributed by atoms with Crippen LogP contribution in [0, 0.1) is 10.8 Å². The summed E-state index contributed by atoms with van der Waals surface area (Å²) in [6, 6.07) is 5.40. The molecule has 0 N–H and O–H groups in total. The van der Waals surface area contributed by atoms with E-state index >= 15 is 0 Å². The van der Waals surface area contributed by atoms with Crippen molar-refractivity contribution in [1.29, 1.82) is 0 Å². The average Bonchev–Trinajstić information content (AvgIpc) is 2.56. The summed E-state index contributed by atoms with van der Waals surface area (Å²) in [5, 5.41) is 1.71. The fraction of sp³-hybridized carbons (Fsp3) is 0.524. The maximum absolute atomic E-state index is 13.3. The zero-order valence-electron chi connectivity index (χ0n) is 17.3. The van der Waals surface area contributed by atoms with E-state index in [0.29, 0.717) is 23.0 Å². The van der Waals surface area contributed by atoms with Gasteiger partial charge < -0.3 is 0 Å². The SMILES string of the molecule is CCCc1cc2cccnc2n(N(C(=O)C(C)(C)C)C(=O)C(C)(C)C)c1=O. The van der Waals surface area contributed by atoms with E-state index in [0.717, 1.165) is 11.4 Å². The Labute approximate surface area is 160 Å². The predicted octanol–water partition coefficient (Wildman–Crippen LogP) is 3.43. The molecular weight excluding hydrogens is 342 g/mol. The summed E-state index contributed by atoms with van der Waals surface area (Å²) >= 11 is 0. The van der Waals surface area contributed by atoms with Crippen molar-refractivity contribution in [2.75, 3.05) is 5.01 Å². The Kier molecular flexibility index (Phi) is 5.59. The van der Waals surface area contributed by atoms with Crippen LogP contribution in [0.15, 0.2) is 29.2 Å². The molecule has 0 radical (unpaired) electrons. The van der Waals surface area contributed by atoms with Gasteiger partial charge in [0.25, 0.3) is 17.4 Å². The highest BCUT2D eigenvalue weighted by Crippen LogP contribution is 2.24. The topological polar surface area (TPSA) is 72.3 Å². The van der Waals surface area contributed by atoms with Crippen LogP contribution in [0.3, 0.4) is 0 Å². The number of carbonyl (C=O) groups excluding carboxylic acids is 2. The van der Waals surface area contributed by atoms with Gasteiger partial charge in [0.1, 0.15) is 0 Å². The van der Waals surface area contributed by atoms with Gasteiger partial charge in [-0.25, -0.2) is 4.98 Å². The predicted molar refractivity (Wildman–Crippen MR) is 107 cm³/mol. The fourth-order valence-corrected chi connectivity index (χ4v) is 2.72. The number of imide groups is 1. The maximum Gasteiger partial charge on any atom is 0.275 e. The molecule has 2 aromatic rings. The third-order valence-corrected chi connectivity index (χ3v) is 4.20. The van der Waals surface area contributed by atoms with Crippen molar-refractivity contribution in [3.05, 3.63) is 40.3 Å². The molecule has 6 heteroatoms. The molecule has 0 aliphatic rings. The average molecular weight is 371 g/mol. The van der Waals surface area contributed by atoms with E-state index in [2.05, 4.69) is 4.98 Å². The van der Waals surface area contributed by atoms with E-state index in [1.54, 1.807) is 59.9 Å². The van der Waals surface area contributed by atoms with Crippen molar-refractivity contribution >= 4 is 22.8 Å². The van der Waals surface area contributed by atoms with Gasteiger partial charge >= 0.3 is 0 Å². The van der Waals surface area contributed by atoms with Crippen LogP contribution in [0.4, 0.5) is 0 Å². The minimum atomic E-state index is -0.845. The van der Waals surface area contributed by atoms with Gasteiger partial charge in [-0.2, -0.15) is 9.69 Å². The summed E-state index contributed by atoms with van der Waals surface area (Å²) < 4.78 is 1.17. The number of rotatable bonds is 3. The zero-order valence-corrected chi connectivity index (χ0v) is 17.3. The van der Waals surface area contributed by atoms with Gasteiger partial charge in [-0.3, -0.25) is 14.4 Å². The van der Waals surface area contributed by atoms with Crippen LogP contribution in [0.2, 0.25) is 0 Å². The number of aryl methyl sites for hydroxylation is 1. The lowest BCUT2D eigenvalue weighted by atomic mass is 9.91. The molecule has 0 saturated heterocycles. The van der Waals surface area contributed by atoms with E-state index in [1.807, 2.05) is 13.0 Å². The lowest BCUT2D eigenvalue weighted by Gasteiger charge is -2.33. The molecule has 0 aliphatic heterocycles.